The molecule has 1 atom stereocenters. The monoisotopic (exact) mass is 238 g/mol. The van der Waals surface area contributed by atoms with Gasteiger partial charge in [0.15, 0.2) is 0 Å². The minimum atomic E-state index is -0.235. The first-order chi connectivity index (χ1) is 8.22. The van der Waals surface area contributed by atoms with Gasteiger partial charge < -0.3 is 15.7 Å². The first kappa shape index (κ1) is 11.9. The molecule has 17 heavy (non-hydrogen) atoms. The molecule has 0 fully saturated rings. The highest BCUT2D eigenvalue weighted by Crippen LogP contribution is 2.28. The van der Waals surface area contributed by atoms with Crippen molar-refractivity contribution in [2.24, 2.45) is 7.05 Å². The van der Waals surface area contributed by atoms with Gasteiger partial charge in [0, 0.05) is 24.8 Å². The lowest BCUT2D eigenvalue weighted by Crippen LogP contribution is -2.40. The second-order valence-electron chi connectivity index (χ2n) is 4.24. The molecule has 6 nitrogen and oxygen atoms in total. The summed E-state index contributed by atoms with van der Waals surface area (Å²) in [6, 6.07) is -0.202. The van der Waals surface area contributed by atoms with Crippen LogP contribution < -0.4 is 10.6 Å². The Balaban J connectivity index is 2.01. The molecular weight excluding hydrogens is 220 g/mol. The molecule has 3 N–H and O–H groups in total. The number of hydrogen-bond donors (Lipinski definition) is 3. The zero-order chi connectivity index (χ0) is 12.3. The minimum Gasteiger partial charge on any atom is -0.395 e. The van der Waals surface area contributed by atoms with E-state index in [0.717, 1.165) is 24.8 Å². The van der Waals surface area contributed by atoms with Crippen molar-refractivity contribution >= 4 is 6.03 Å². The van der Waals surface area contributed by atoms with Gasteiger partial charge >= 0.3 is 6.03 Å². The SMILES string of the molecule is Cn1ncc2c1CCCC2NC(=O)NCCO. The van der Waals surface area contributed by atoms with Crippen molar-refractivity contribution in [1.82, 2.24) is 20.4 Å². The van der Waals surface area contributed by atoms with Crippen LogP contribution in [-0.4, -0.2) is 34.1 Å². The van der Waals surface area contributed by atoms with Gasteiger partial charge in [-0.15, -0.1) is 0 Å². The summed E-state index contributed by atoms with van der Waals surface area (Å²) in [4.78, 5) is 11.5. The minimum absolute atomic E-state index is 0.0335. The number of aromatic nitrogens is 2. The summed E-state index contributed by atoms with van der Waals surface area (Å²) in [5, 5.41) is 18.3. The lowest BCUT2D eigenvalue weighted by atomic mass is 9.93. The van der Waals surface area contributed by atoms with Crippen LogP contribution in [0.5, 0.6) is 0 Å². The molecule has 0 saturated carbocycles. The quantitative estimate of drug-likeness (QED) is 0.698. The number of aryl methyl sites for hydroxylation is 1. The predicted molar refractivity (Wildman–Crippen MR) is 62.5 cm³/mol. The topological polar surface area (TPSA) is 79.2 Å². The largest absolute Gasteiger partial charge is 0.395 e. The molecule has 1 unspecified atom stereocenters. The predicted octanol–water partition coefficient (Wildman–Crippen LogP) is 0.0890. The van der Waals surface area contributed by atoms with Crippen molar-refractivity contribution in [3.8, 4) is 0 Å². The number of nitrogens with zero attached hydrogens (tertiary/aromatic N) is 2. The molecule has 1 aliphatic carbocycles. The maximum absolute atomic E-state index is 11.5. The van der Waals surface area contributed by atoms with Crippen LogP contribution in [0.3, 0.4) is 0 Å². The standard InChI is InChI=1S/C11H18N4O2/c1-15-10-4-2-3-9(8(10)7-13-15)14-11(17)12-5-6-16/h7,9,16H,2-6H2,1H3,(H2,12,14,17). The molecule has 0 saturated heterocycles. The maximum atomic E-state index is 11.5. The van der Waals surface area contributed by atoms with E-state index in [1.165, 1.54) is 5.69 Å². The van der Waals surface area contributed by atoms with Gasteiger partial charge in [-0.25, -0.2) is 4.79 Å². The molecule has 1 aromatic rings. The van der Waals surface area contributed by atoms with E-state index in [0.29, 0.717) is 0 Å². The van der Waals surface area contributed by atoms with Crippen molar-refractivity contribution in [3.63, 3.8) is 0 Å². The summed E-state index contributed by atoms with van der Waals surface area (Å²) in [5.74, 6) is 0. The van der Waals surface area contributed by atoms with Crippen LogP contribution in [-0.2, 0) is 13.5 Å². The van der Waals surface area contributed by atoms with Crippen LogP contribution in [0.25, 0.3) is 0 Å². The highest BCUT2D eigenvalue weighted by Gasteiger charge is 2.24. The van der Waals surface area contributed by atoms with Crippen LogP contribution in [0.2, 0.25) is 0 Å². The summed E-state index contributed by atoms with van der Waals surface area (Å²) >= 11 is 0. The van der Waals surface area contributed by atoms with Gasteiger partial charge in [-0.2, -0.15) is 5.10 Å². The Morgan fingerprint density at radius 1 is 1.71 bits per heavy atom. The molecule has 0 spiro atoms. The van der Waals surface area contributed by atoms with Gasteiger partial charge in [0.1, 0.15) is 0 Å². The van der Waals surface area contributed by atoms with Gasteiger partial charge in [-0.05, 0) is 19.3 Å². The van der Waals surface area contributed by atoms with Crippen molar-refractivity contribution in [3.05, 3.63) is 17.5 Å². The van der Waals surface area contributed by atoms with Crippen LogP contribution in [0.15, 0.2) is 6.20 Å². The Morgan fingerprint density at radius 2 is 2.53 bits per heavy atom. The van der Waals surface area contributed by atoms with Crippen molar-refractivity contribution in [2.45, 2.75) is 25.3 Å². The molecule has 0 aromatic carbocycles. The lowest BCUT2D eigenvalue weighted by molar-refractivity contribution is 0.229. The number of aliphatic hydroxyl groups excluding tert-OH is 1. The third-order valence-corrected chi connectivity index (χ3v) is 3.08. The molecule has 0 aliphatic heterocycles. The molecule has 6 heteroatoms. The van der Waals surface area contributed by atoms with E-state index in [9.17, 15) is 4.79 Å². The molecule has 0 bridgehead atoms. The molecule has 1 aromatic heterocycles. The van der Waals surface area contributed by atoms with Crippen molar-refractivity contribution < 1.29 is 9.90 Å². The number of nitrogens with one attached hydrogen (secondary N) is 2. The number of carbonyl (C=O) groups is 1. The highest BCUT2D eigenvalue weighted by molar-refractivity contribution is 5.74. The van der Waals surface area contributed by atoms with E-state index >= 15 is 0 Å². The number of urea groups is 1. The lowest BCUT2D eigenvalue weighted by Gasteiger charge is -2.23. The first-order valence-corrected chi connectivity index (χ1v) is 5.88. The zero-order valence-electron chi connectivity index (χ0n) is 9.94. The number of amides is 2. The first-order valence-electron chi connectivity index (χ1n) is 5.88. The number of fused-ring (bicyclic) bond motifs is 1. The Kier molecular flexibility index (Phi) is 3.63. The van der Waals surface area contributed by atoms with Crippen molar-refractivity contribution in [2.75, 3.05) is 13.2 Å². The van der Waals surface area contributed by atoms with E-state index in [4.69, 9.17) is 5.11 Å². The fourth-order valence-electron chi connectivity index (χ4n) is 2.23. The maximum Gasteiger partial charge on any atom is 0.315 e. The summed E-state index contributed by atoms with van der Waals surface area (Å²) in [6.07, 6.45) is 4.83. The van der Waals surface area contributed by atoms with Gasteiger partial charge in [0.25, 0.3) is 0 Å². The van der Waals surface area contributed by atoms with Crippen molar-refractivity contribution in [1.29, 1.82) is 0 Å². The fraction of sp³-hybridized carbons (Fsp3) is 0.636. The third kappa shape index (κ3) is 2.58. The number of carbonyl (C=O) groups excluding carboxylic acids is 1. The van der Waals surface area contributed by atoms with Crippen LogP contribution >= 0.6 is 0 Å². The second-order valence-corrected chi connectivity index (χ2v) is 4.24. The summed E-state index contributed by atoms with van der Waals surface area (Å²) in [7, 11) is 1.92. The fourth-order valence-corrected chi connectivity index (χ4v) is 2.23. The Labute approximate surface area is 100 Å². The molecular formula is C11H18N4O2. The molecule has 2 rings (SSSR count). The Morgan fingerprint density at radius 3 is 3.29 bits per heavy atom. The van der Waals surface area contributed by atoms with E-state index < -0.39 is 0 Å². The number of aliphatic hydroxyl groups is 1. The molecule has 1 aliphatic rings. The van der Waals surface area contributed by atoms with Crippen LogP contribution in [0, 0.1) is 0 Å². The third-order valence-electron chi connectivity index (χ3n) is 3.08. The zero-order valence-corrected chi connectivity index (χ0v) is 9.94. The van der Waals surface area contributed by atoms with E-state index in [1.807, 2.05) is 17.9 Å². The van der Waals surface area contributed by atoms with Gasteiger partial charge in [-0.3, -0.25) is 4.68 Å². The van der Waals surface area contributed by atoms with Crippen LogP contribution in [0.4, 0.5) is 4.79 Å². The number of rotatable bonds is 3. The smallest absolute Gasteiger partial charge is 0.315 e. The molecule has 94 valence electrons. The summed E-state index contributed by atoms with van der Waals surface area (Å²) in [5.41, 5.74) is 2.31. The average Bonchev–Trinajstić information content (AvgIpc) is 2.70. The Bertz CT molecular complexity index is 402. The van der Waals surface area contributed by atoms with Crippen LogP contribution in [0.1, 0.15) is 30.1 Å². The van der Waals surface area contributed by atoms with E-state index in [1.54, 1.807) is 0 Å². The van der Waals surface area contributed by atoms with E-state index in [2.05, 4.69) is 15.7 Å². The molecule has 1 heterocycles. The van der Waals surface area contributed by atoms with Gasteiger partial charge in [0.05, 0.1) is 18.8 Å². The summed E-state index contributed by atoms with van der Waals surface area (Å²) in [6.45, 7) is 0.231. The number of hydrogen-bond acceptors (Lipinski definition) is 3. The highest BCUT2D eigenvalue weighted by atomic mass is 16.3. The molecule has 2 amide bonds. The average molecular weight is 238 g/mol. The Hall–Kier alpha value is -1.56. The summed E-state index contributed by atoms with van der Waals surface area (Å²) < 4.78 is 1.87. The van der Waals surface area contributed by atoms with Gasteiger partial charge in [0.2, 0.25) is 0 Å². The van der Waals surface area contributed by atoms with E-state index in [-0.39, 0.29) is 25.2 Å². The van der Waals surface area contributed by atoms with Gasteiger partial charge in [-0.1, -0.05) is 0 Å². The second kappa shape index (κ2) is 5.18. The normalized spacial score (nSPS) is 18.6. The molecule has 0 radical (unpaired) electrons.